The van der Waals surface area contributed by atoms with Gasteiger partial charge in [-0.1, -0.05) is 61.0 Å². The van der Waals surface area contributed by atoms with E-state index < -0.39 is 18.2 Å². The van der Waals surface area contributed by atoms with E-state index in [-0.39, 0.29) is 18.4 Å². The van der Waals surface area contributed by atoms with E-state index in [0.29, 0.717) is 29.1 Å². The standard InChI is InChI=1S/C29H31N3O5/c1-4-16-30-28(34)25-26(37-29(35)32(25)18-20-14-12-19(2)13-15-20)21-8-7-9-22(17-21)31-27(33)23-10-5-6-11-24(23)36-3/h5-15,17,25-26H,4,16,18H2,1-3H3,(H,30,34)(H,31,33). The van der Waals surface area contributed by atoms with Crippen molar-refractivity contribution in [2.75, 3.05) is 19.0 Å². The number of nitrogens with zero attached hydrogens (tertiary/aromatic N) is 1. The van der Waals surface area contributed by atoms with Gasteiger partial charge in [-0.25, -0.2) is 4.79 Å². The van der Waals surface area contributed by atoms with Crippen LogP contribution in [0.2, 0.25) is 0 Å². The lowest BCUT2D eigenvalue weighted by Crippen LogP contribution is -2.46. The van der Waals surface area contributed by atoms with Gasteiger partial charge < -0.3 is 20.1 Å². The summed E-state index contributed by atoms with van der Waals surface area (Å²) in [6, 6.07) is 20.9. The van der Waals surface area contributed by atoms with Gasteiger partial charge in [-0.15, -0.1) is 0 Å². The summed E-state index contributed by atoms with van der Waals surface area (Å²) in [5, 5.41) is 5.77. The van der Waals surface area contributed by atoms with Gasteiger partial charge in [0.15, 0.2) is 12.1 Å². The molecule has 1 fully saturated rings. The first-order chi connectivity index (χ1) is 17.9. The molecular formula is C29H31N3O5. The Labute approximate surface area is 216 Å². The van der Waals surface area contributed by atoms with Crippen molar-refractivity contribution in [2.45, 2.75) is 39.0 Å². The second-order valence-corrected chi connectivity index (χ2v) is 8.93. The van der Waals surface area contributed by atoms with Gasteiger partial charge in [0.2, 0.25) is 5.91 Å². The summed E-state index contributed by atoms with van der Waals surface area (Å²) in [6.07, 6.45) is -0.635. The molecule has 8 nitrogen and oxygen atoms in total. The number of carbonyl (C=O) groups excluding carboxylic acids is 3. The van der Waals surface area contributed by atoms with E-state index in [2.05, 4.69) is 10.6 Å². The van der Waals surface area contributed by atoms with E-state index in [1.54, 1.807) is 48.5 Å². The molecule has 1 heterocycles. The van der Waals surface area contributed by atoms with Gasteiger partial charge in [0, 0.05) is 12.2 Å². The number of rotatable bonds is 9. The largest absolute Gasteiger partial charge is 0.496 e. The minimum atomic E-state index is -0.861. The fourth-order valence-corrected chi connectivity index (χ4v) is 4.28. The molecule has 0 aromatic heterocycles. The van der Waals surface area contributed by atoms with E-state index in [1.165, 1.54) is 12.0 Å². The molecule has 0 radical (unpaired) electrons. The highest BCUT2D eigenvalue weighted by Gasteiger charge is 2.47. The maximum atomic E-state index is 13.2. The molecule has 8 heteroatoms. The average molecular weight is 502 g/mol. The van der Waals surface area contributed by atoms with Crippen LogP contribution in [0.4, 0.5) is 10.5 Å². The molecule has 0 saturated carbocycles. The smallest absolute Gasteiger partial charge is 0.411 e. The van der Waals surface area contributed by atoms with Crippen LogP contribution in [0, 0.1) is 6.92 Å². The van der Waals surface area contributed by atoms with Crippen molar-refractivity contribution < 1.29 is 23.9 Å². The van der Waals surface area contributed by atoms with Crippen molar-refractivity contribution in [1.29, 1.82) is 0 Å². The minimum absolute atomic E-state index is 0.240. The summed E-state index contributed by atoms with van der Waals surface area (Å²) in [6.45, 7) is 4.68. The normalized spacial score (nSPS) is 16.7. The molecule has 2 unspecified atom stereocenters. The minimum Gasteiger partial charge on any atom is -0.496 e. The highest BCUT2D eigenvalue weighted by Crippen LogP contribution is 2.35. The van der Waals surface area contributed by atoms with Gasteiger partial charge in [0.25, 0.3) is 5.91 Å². The quantitative estimate of drug-likeness (QED) is 0.437. The number of para-hydroxylation sites is 1. The predicted octanol–water partition coefficient (Wildman–Crippen LogP) is 4.84. The van der Waals surface area contributed by atoms with Gasteiger partial charge >= 0.3 is 6.09 Å². The molecule has 3 amide bonds. The monoisotopic (exact) mass is 501 g/mol. The van der Waals surface area contributed by atoms with Crippen LogP contribution in [0.1, 0.15) is 46.5 Å². The average Bonchev–Trinajstić information content (AvgIpc) is 3.24. The van der Waals surface area contributed by atoms with Crippen LogP contribution in [0.5, 0.6) is 5.75 Å². The zero-order valence-electron chi connectivity index (χ0n) is 21.2. The molecule has 3 aromatic rings. The Morgan fingerprint density at radius 2 is 1.78 bits per heavy atom. The molecule has 1 saturated heterocycles. The van der Waals surface area contributed by atoms with Gasteiger partial charge in [-0.2, -0.15) is 0 Å². The molecule has 2 atom stereocenters. The Kier molecular flexibility index (Phi) is 8.08. The van der Waals surface area contributed by atoms with Gasteiger partial charge in [-0.05, 0) is 48.7 Å². The molecular weight excluding hydrogens is 470 g/mol. The van der Waals surface area contributed by atoms with Crippen LogP contribution in [0.3, 0.4) is 0 Å². The molecule has 4 rings (SSSR count). The summed E-state index contributed by atoms with van der Waals surface area (Å²) in [5.74, 6) is -0.162. The van der Waals surface area contributed by atoms with Crippen molar-refractivity contribution in [2.24, 2.45) is 0 Å². The Morgan fingerprint density at radius 3 is 2.51 bits per heavy atom. The molecule has 0 bridgehead atoms. The van der Waals surface area contributed by atoms with E-state index in [4.69, 9.17) is 9.47 Å². The Morgan fingerprint density at radius 1 is 1.03 bits per heavy atom. The zero-order chi connectivity index (χ0) is 26.4. The van der Waals surface area contributed by atoms with E-state index in [0.717, 1.165) is 17.5 Å². The van der Waals surface area contributed by atoms with Crippen molar-refractivity contribution in [3.05, 3.63) is 95.1 Å². The predicted molar refractivity (Wildman–Crippen MR) is 140 cm³/mol. The number of methoxy groups -OCH3 is 1. The van der Waals surface area contributed by atoms with Crippen molar-refractivity contribution in [1.82, 2.24) is 10.2 Å². The van der Waals surface area contributed by atoms with E-state index in [1.807, 2.05) is 38.1 Å². The van der Waals surface area contributed by atoms with Gasteiger partial charge in [-0.3, -0.25) is 14.5 Å². The van der Waals surface area contributed by atoms with Crippen LogP contribution >= 0.6 is 0 Å². The lowest BCUT2D eigenvalue weighted by atomic mass is 10.00. The molecule has 192 valence electrons. The molecule has 37 heavy (non-hydrogen) atoms. The summed E-state index contributed by atoms with van der Waals surface area (Å²) < 4.78 is 11.0. The maximum absolute atomic E-state index is 13.2. The number of ether oxygens (including phenoxy) is 2. The number of hydrogen-bond donors (Lipinski definition) is 2. The van der Waals surface area contributed by atoms with Crippen LogP contribution in [0.15, 0.2) is 72.8 Å². The third-order valence-corrected chi connectivity index (χ3v) is 6.20. The van der Waals surface area contributed by atoms with Crippen molar-refractivity contribution >= 4 is 23.6 Å². The highest BCUT2D eigenvalue weighted by atomic mass is 16.6. The number of carbonyl (C=O) groups is 3. The Hall–Kier alpha value is -4.33. The molecule has 0 spiro atoms. The maximum Gasteiger partial charge on any atom is 0.411 e. The molecule has 0 aliphatic carbocycles. The van der Waals surface area contributed by atoms with Crippen LogP contribution < -0.4 is 15.4 Å². The number of hydrogen-bond acceptors (Lipinski definition) is 5. The molecule has 1 aliphatic heterocycles. The van der Waals surface area contributed by atoms with Crippen LogP contribution in [0.25, 0.3) is 0 Å². The first-order valence-electron chi connectivity index (χ1n) is 12.3. The molecule has 2 N–H and O–H groups in total. The van der Waals surface area contributed by atoms with Crippen molar-refractivity contribution in [3.8, 4) is 5.75 Å². The van der Waals surface area contributed by atoms with Crippen LogP contribution in [-0.4, -0.2) is 42.5 Å². The number of aryl methyl sites for hydroxylation is 1. The van der Waals surface area contributed by atoms with Crippen LogP contribution in [-0.2, 0) is 16.1 Å². The SMILES string of the molecule is CCCNC(=O)C1C(c2cccc(NC(=O)c3ccccc3OC)c2)OC(=O)N1Cc1ccc(C)cc1. The second kappa shape index (κ2) is 11.6. The summed E-state index contributed by atoms with van der Waals surface area (Å²) >= 11 is 0. The summed E-state index contributed by atoms with van der Waals surface area (Å²) in [4.78, 5) is 40.6. The molecule has 1 aliphatic rings. The fraction of sp³-hybridized carbons (Fsp3) is 0.276. The first kappa shape index (κ1) is 25.8. The Balaban J connectivity index is 1.60. The van der Waals surface area contributed by atoms with E-state index >= 15 is 0 Å². The number of cyclic esters (lactones) is 1. The highest BCUT2D eigenvalue weighted by molar-refractivity contribution is 6.06. The number of amides is 3. The summed E-state index contributed by atoms with van der Waals surface area (Å²) in [5.41, 5.74) is 3.51. The lowest BCUT2D eigenvalue weighted by Gasteiger charge is -2.24. The fourth-order valence-electron chi connectivity index (χ4n) is 4.28. The molecule has 3 aromatic carbocycles. The van der Waals surface area contributed by atoms with E-state index in [9.17, 15) is 14.4 Å². The Bertz CT molecular complexity index is 1270. The third kappa shape index (κ3) is 5.91. The second-order valence-electron chi connectivity index (χ2n) is 8.93. The summed E-state index contributed by atoms with van der Waals surface area (Å²) in [7, 11) is 1.51. The number of benzene rings is 3. The number of nitrogens with one attached hydrogen (secondary N) is 2. The van der Waals surface area contributed by atoms with Gasteiger partial charge in [0.1, 0.15) is 5.75 Å². The van der Waals surface area contributed by atoms with Gasteiger partial charge in [0.05, 0.1) is 19.2 Å². The first-order valence-corrected chi connectivity index (χ1v) is 12.3. The van der Waals surface area contributed by atoms with Crippen molar-refractivity contribution in [3.63, 3.8) is 0 Å². The number of anilines is 1. The topological polar surface area (TPSA) is 97.0 Å². The third-order valence-electron chi connectivity index (χ3n) is 6.20. The lowest BCUT2D eigenvalue weighted by molar-refractivity contribution is -0.126. The zero-order valence-corrected chi connectivity index (χ0v) is 21.2.